The second kappa shape index (κ2) is 8.93. The SMILES string of the molecule is CC1(C)COc2cc(-c3cccc(OC(F)(F)F)c3)ccc2C1NC(=O)O[C@H]1CN2CCC1CC2. The van der Waals surface area contributed by atoms with Gasteiger partial charge in [-0.1, -0.05) is 38.1 Å². The van der Waals surface area contributed by atoms with Crippen molar-refractivity contribution >= 4 is 6.09 Å². The molecule has 6 rings (SSSR count). The maximum atomic E-state index is 12.9. The van der Waals surface area contributed by atoms with Crippen LogP contribution in [0.25, 0.3) is 11.1 Å². The molecule has 35 heavy (non-hydrogen) atoms. The lowest BCUT2D eigenvalue weighted by molar-refractivity contribution is -0.274. The van der Waals surface area contributed by atoms with Gasteiger partial charge in [-0.05, 0) is 61.2 Å². The number of hydrogen-bond donors (Lipinski definition) is 1. The van der Waals surface area contributed by atoms with Crippen molar-refractivity contribution in [3.63, 3.8) is 0 Å². The molecule has 0 spiro atoms. The van der Waals surface area contributed by atoms with Gasteiger partial charge in [0.1, 0.15) is 17.6 Å². The molecule has 0 saturated carbocycles. The van der Waals surface area contributed by atoms with Gasteiger partial charge in [0.2, 0.25) is 0 Å². The van der Waals surface area contributed by atoms with E-state index >= 15 is 0 Å². The van der Waals surface area contributed by atoms with E-state index in [1.807, 2.05) is 26.0 Å². The first kappa shape index (κ1) is 23.8. The second-order valence-electron chi connectivity index (χ2n) is 10.3. The molecule has 4 aliphatic rings. The average Bonchev–Trinajstić information content (AvgIpc) is 2.80. The number of benzene rings is 2. The van der Waals surface area contributed by atoms with Crippen LogP contribution in [0.3, 0.4) is 0 Å². The molecule has 6 nitrogen and oxygen atoms in total. The van der Waals surface area contributed by atoms with Crippen molar-refractivity contribution in [3.8, 4) is 22.6 Å². The Labute approximate surface area is 202 Å². The van der Waals surface area contributed by atoms with Crippen molar-refractivity contribution in [2.45, 2.75) is 45.2 Å². The predicted molar refractivity (Wildman–Crippen MR) is 123 cm³/mol. The molecule has 0 aliphatic carbocycles. The van der Waals surface area contributed by atoms with E-state index in [2.05, 4.69) is 15.0 Å². The summed E-state index contributed by atoms with van der Waals surface area (Å²) in [6.45, 7) is 7.32. The highest BCUT2D eigenvalue weighted by molar-refractivity contribution is 5.71. The van der Waals surface area contributed by atoms with Gasteiger partial charge in [0.05, 0.1) is 12.6 Å². The van der Waals surface area contributed by atoms with Crippen LogP contribution in [0.5, 0.6) is 11.5 Å². The van der Waals surface area contributed by atoms with Gasteiger partial charge in [0.25, 0.3) is 0 Å². The highest BCUT2D eigenvalue weighted by atomic mass is 19.4. The van der Waals surface area contributed by atoms with Gasteiger partial charge < -0.3 is 19.5 Å². The Balaban J connectivity index is 1.34. The number of amides is 1. The molecule has 3 saturated heterocycles. The third-order valence-electron chi connectivity index (χ3n) is 7.22. The van der Waals surface area contributed by atoms with E-state index in [1.54, 1.807) is 12.1 Å². The van der Waals surface area contributed by atoms with Crippen LogP contribution < -0.4 is 14.8 Å². The summed E-state index contributed by atoms with van der Waals surface area (Å²) in [6, 6.07) is 10.9. The smallest absolute Gasteiger partial charge is 0.493 e. The highest BCUT2D eigenvalue weighted by Gasteiger charge is 2.41. The van der Waals surface area contributed by atoms with Gasteiger partial charge in [-0.25, -0.2) is 4.79 Å². The van der Waals surface area contributed by atoms with Crippen molar-refractivity contribution in [3.05, 3.63) is 48.0 Å². The Hall–Kier alpha value is -2.94. The first-order valence-corrected chi connectivity index (χ1v) is 11.9. The first-order valence-electron chi connectivity index (χ1n) is 11.9. The number of nitrogens with one attached hydrogen (secondary N) is 1. The minimum Gasteiger partial charge on any atom is -0.493 e. The topological polar surface area (TPSA) is 60.0 Å². The van der Waals surface area contributed by atoms with Gasteiger partial charge in [-0.2, -0.15) is 0 Å². The standard InChI is InChI=1S/C26H29F3N2O4/c1-25(2)15-33-21-13-18(17-4-3-5-19(12-17)35-26(27,28)29)6-7-20(21)23(25)30-24(32)34-22-14-31-10-8-16(22)9-11-31/h3-7,12-13,16,22-23H,8-11,14-15H2,1-2H3,(H,30,32)/t22-,23?/m0/s1. The predicted octanol–water partition coefficient (Wildman–Crippen LogP) is 5.53. The van der Waals surface area contributed by atoms with E-state index < -0.39 is 12.5 Å². The third-order valence-corrected chi connectivity index (χ3v) is 7.22. The van der Waals surface area contributed by atoms with Crippen molar-refractivity contribution in [2.75, 3.05) is 26.2 Å². The van der Waals surface area contributed by atoms with E-state index in [4.69, 9.17) is 9.47 Å². The van der Waals surface area contributed by atoms with Gasteiger partial charge in [-0.15, -0.1) is 13.2 Å². The lowest BCUT2D eigenvalue weighted by Gasteiger charge is -2.44. The number of rotatable bonds is 4. The molecule has 188 valence electrons. The average molecular weight is 491 g/mol. The molecule has 0 aromatic heterocycles. The minimum atomic E-state index is -4.76. The minimum absolute atomic E-state index is 0.0894. The molecule has 2 atom stereocenters. The number of carbonyl (C=O) groups is 1. The maximum Gasteiger partial charge on any atom is 0.573 e. The largest absolute Gasteiger partial charge is 0.573 e. The maximum absolute atomic E-state index is 12.9. The number of ether oxygens (including phenoxy) is 3. The molecule has 1 amide bonds. The first-order chi connectivity index (χ1) is 16.6. The summed E-state index contributed by atoms with van der Waals surface area (Å²) in [4.78, 5) is 15.2. The van der Waals surface area contributed by atoms with Crippen LogP contribution >= 0.6 is 0 Å². The molecule has 1 N–H and O–H groups in total. The summed E-state index contributed by atoms with van der Waals surface area (Å²) in [7, 11) is 0. The number of fused-ring (bicyclic) bond motifs is 4. The van der Waals surface area contributed by atoms with Crippen LogP contribution in [0.2, 0.25) is 0 Å². The van der Waals surface area contributed by atoms with E-state index in [1.165, 1.54) is 18.2 Å². The van der Waals surface area contributed by atoms with Crippen LogP contribution in [-0.2, 0) is 4.74 Å². The zero-order valence-corrected chi connectivity index (χ0v) is 19.7. The normalized spacial score (nSPS) is 26.9. The van der Waals surface area contributed by atoms with Crippen LogP contribution in [0, 0.1) is 11.3 Å². The van der Waals surface area contributed by atoms with Gasteiger partial charge in [0.15, 0.2) is 0 Å². The Morgan fingerprint density at radius 2 is 1.86 bits per heavy atom. The summed E-state index contributed by atoms with van der Waals surface area (Å²) < 4.78 is 53.8. The van der Waals surface area contributed by atoms with E-state index in [9.17, 15) is 18.0 Å². The molecular formula is C26H29F3N2O4. The summed E-state index contributed by atoms with van der Waals surface area (Å²) in [5, 5.41) is 3.06. The van der Waals surface area contributed by atoms with Crippen molar-refractivity contribution in [2.24, 2.45) is 11.3 Å². The Kier molecular flexibility index (Phi) is 6.07. The number of hydrogen-bond acceptors (Lipinski definition) is 5. The molecular weight excluding hydrogens is 461 g/mol. The molecule has 1 unspecified atom stereocenters. The van der Waals surface area contributed by atoms with Gasteiger partial charge in [-0.3, -0.25) is 4.90 Å². The van der Waals surface area contributed by atoms with Crippen LogP contribution in [0.15, 0.2) is 42.5 Å². The lowest BCUT2D eigenvalue weighted by Crippen LogP contribution is -2.53. The second-order valence-corrected chi connectivity index (χ2v) is 10.3. The van der Waals surface area contributed by atoms with Gasteiger partial charge >= 0.3 is 12.5 Å². The molecule has 2 aromatic rings. The molecule has 9 heteroatoms. The molecule has 0 radical (unpaired) electrons. The summed E-state index contributed by atoms with van der Waals surface area (Å²) >= 11 is 0. The molecule has 4 heterocycles. The van der Waals surface area contributed by atoms with Crippen molar-refractivity contribution in [1.82, 2.24) is 10.2 Å². The van der Waals surface area contributed by atoms with Crippen molar-refractivity contribution < 1.29 is 32.2 Å². The summed E-state index contributed by atoms with van der Waals surface area (Å²) in [5.74, 6) is 0.710. The fourth-order valence-electron chi connectivity index (χ4n) is 5.33. The third kappa shape index (κ3) is 5.19. The van der Waals surface area contributed by atoms with Gasteiger partial charge in [0, 0.05) is 17.5 Å². The fourth-order valence-corrected chi connectivity index (χ4v) is 5.33. The fraction of sp³-hybridized carbons (Fsp3) is 0.500. The molecule has 4 aliphatic heterocycles. The van der Waals surface area contributed by atoms with E-state index in [0.29, 0.717) is 29.4 Å². The van der Waals surface area contributed by atoms with Crippen LogP contribution in [-0.4, -0.2) is 49.7 Å². The summed E-state index contributed by atoms with van der Waals surface area (Å²) in [6.07, 6.45) is -3.17. The molecule has 2 aromatic carbocycles. The highest BCUT2D eigenvalue weighted by Crippen LogP contribution is 2.44. The van der Waals surface area contributed by atoms with Crippen LogP contribution in [0.1, 0.15) is 38.3 Å². The Morgan fingerprint density at radius 3 is 2.54 bits per heavy atom. The summed E-state index contributed by atoms with van der Waals surface area (Å²) in [5.41, 5.74) is 1.67. The van der Waals surface area contributed by atoms with E-state index in [-0.39, 0.29) is 23.3 Å². The monoisotopic (exact) mass is 490 g/mol. The lowest BCUT2D eigenvalue weighted by atomic mass is 9.78. The van der Waals surface area contributed by atoms with Crippen LogP contribution in [0.4, 0.5) is 18.0 Å². The Morgan fingerprint density at radius 1 is 1.11 bits per heavy atom. The number of alkyl carbamates (subject to hydrolysis) is 1. The zero-order valence-electron chi connectivity index (χ0n) is 19.7. The number of alkyl halides is 3. The number of piperidine rings is 3. The molecule has 3 fully saturated rings. The van der Waals surface area contributed by atoms with E-state index in [0.717, 1.165) is 38.0 Å². The number of nitrogens with zero attached hydrogens (tertiary/aromatic N) is 1. The quantitative estimate of drug-likeness (QED) is 0.611. The number of halogens is 3. The van der Waals surface area contributed by atoms with Crippen molar-refractivity contribution in [1.29, 1.82) is 0 Å². The zero-order chi connectivity index (χ0) is 24.8. The number of carbonyl (C=O) groups excluding carboxylic acids is 1. The molecule has 2 bridgehead atoms. The Bertz CT molecular complexity index is 1100.